The van der Waals surface area contributed by atoms with Gasteiger partial charge in [-0.25, -0.2) is 9.97 Å². The van der Waals surface area contributed by atoms with Crippen LogP contribution in [0.1, 0.15) is 11.3 Å². The number of imidazole rings is 1. The second-order valence-corrected chi connectivity index (χ2v) is 8.39. The molecule has 4 aromatic rings. The summed E-state index contributed by atoms with van der Waals surface area (Å²) < 4.78 is 2.10. The van der Waals surface area contributed by atoms with Crippen molar-refractivity contribution in [3.8, 4) is 11.4 Å². The molecule has 0 spiro atoms. The van der Waals surface area contributed by atoms with Crippen LogP contribution in [0.5, 0.6) is 0 Å². The summed E-state index contributed by atoms with van der Waals surface area (Å²) in [6, 6.07) is 14.2. The number of rotatable bonds is 5. The van der Waals surface area contributed by atoms with E-state index in [0.717, 1.165) is 78.2 Å². The number of likely N-dealkylation sites (N-methyl/N-ethyl adjacent to an activating group) is 1. The van der Waals surface area contributed by atoms with Gasteiger partial charge >= 0.3 is 0 Å². The van der Waals surface area contributed by atoms with Gasteiger partial charge in [0.05, 0.1) is 17.6 Å². The van der Waals surface area contributed by atoms with Gasteiger partial charge in [0, 0.05) is 49.3 Å². The molecular weight excluding hydrogens is 443 g/mol. The summed E-state index contributed by atoms with van der Waals surface area (Å²) in [6.45, 7) is 3.99. The molecule has 0 aliphatic carbocycles. The zero-order chi connectivity index (χ0) is 21.2. The number of aryl methyl sites for hydroxylation is 2. The zero-order valence-corrected chi connectivity index (χ0v) is 19.6. The summed E-state index contributed by atoms with van der Waals surface area (Å²) in [6.07, 6.45) is 7.42. The first-order chi connectivity index (χ1) is 15.2. The minimum absolute atomic E-state index is 0. The maximum absolute atomic E-state index is 6.31. The van der Waals surface area contributed by atoms with Crippen LogP contribution in [0.4, 0.5) is 5.82 Å². The van der Waals surface area contributed by atoms with Crippen molar-refractivity contribution in [3.05, 3.63) is 77.3 Å². The molecule has 6 nitrogen and oxygen atoms in total. The molecule has 0 saturated carbocycles. The van der Waals surface area contributed by atoms with Gasteiger partial charge in [0.2, 0.25) is 0 Å². The lowest BCUT2D eigenvalue weighted by molar-refractivity contribution is 0.312. The van der Waals surface area contributed by atoms with E-state index in [1.165, 1.54) is 0 Å². The fourth-order valence-electron chi connectivity index (χ4n) is 4.06. The van der Waals surface area contributed by atoms with Gasteiger partial charge in [-0.3, -0.25) is 9.38 Å². The summed E-state index contributed by atoms with van der Waals surface area (Å²) in [7, 11) is 2.16. The minimum Gasteiger partial charge on any atom is -0.351 e. The molecule has 8 heteroatoms. The van der Waals surface area contributed by atoms with Crippen molar-refractivity contribution in [2.45, 2.75) is 12.8 Å². The maximum Gasteiger partial charge on any atom is 0.180 e. The Kier molecular flexibility index (Phi) is 6.94. The van der Waals surface area contributed by atoms with Crippen LogP contribution in [0.3, 0.4) is 0 Å². The summed E-state index contributed by atoms with van der Waals surface area (Å²) >= 11 is 6.31. The molecule has 3 aromatic heterocycles. The third-order valence-electron chi connectivity index (χ3n) is 5.89. The van der Waals surface area contributed by atoms with E-state index in [0.29, 0.717) is 0 Å². The van der Waals surface area contributed by atoms with Gasteiger partial charge in [0.15, 0.2) is 11.5 Å². The number of benzene rings is 1. The van der Waals surface area contributed by atoms with E-state index >= 15 is 0 Å². The number of nitrogens with zero attached hydrogens (tertiary/aromatic N) is 6. The number of pyridine rings is 1. The van der Waals surface area contributed by atoms with Crippen LogP contribution in [0.25, 0.3) is 17.0 Å². The summed E-state index contributed by atoms with van der Waals surface area (Å²) in [5, 5.41) is 0.810. The van der Waals surface area contributed by atoms with Gasteiger partial charge in [-0.1, -0.05) is 35.9 Å². The van der Waals surface area contributed by atoms with E-state index in [-0.39, 0.29) is 12.4 Å². The third kappa shape index (κ3) is 4.58. The first kappa shape index (κ1) is 22.5. The molecule has 166 valence electrons. The Balaban J connectivity index is 0.00000245. The highest BCUT2D eigenvalue weighted by molar-refractivity contribution is 6.31. The van der Waals surface area contributed by atoms with Crippen LogP contribution >= 0.6 is 24.0 Å². The van der Waals surface area contributed by atoms with Crippen LogP contribution in [0, 0.1) is 0 Å². The fourth-order valence-corrected chi connectivity index (χ4v) is 4.29. The number of aromatic nitrogens is 4. The normalized spacial score (nSPS) is 14.5. The number of hydrogen-bond donors (Lipinski definition) is 0. The third-order valence-corrected chi connectivity index (χ3v) is 6.26. The van der Waals surface area contributed by atoms with Gasteiger partial charge in [-0.15, -0.1) is 12.4 Å². The number of piperazine rings is 1. The molecule has 5 rings (SSSR count). The standard InChI is InChI=1S/C24H25ClN6.ClH/c1-29-13-15-30(16-14-29)23-24-27-17-22(31(24)12-11-26-23)21-8-4-6-19(28-21)10-9-18-5-2-3-7-20(18)25;/h2-8,11-12,17H,9-10,13-16H2,1H3;1H. The Labute approximate surface area is 199 Å². The highest BCUT2D eigenvalue weighted by atomic mass is 35.5. The van der Waals surface area contributed by atoms with E-state index in [4.69, 9.17) is 21.6 Å². The second kappa shape index (κ2) is 9.86. The molecule has 0 radical (unpaired) electrons. The van der Waals surface area contributed by atoms with Crippen LogP contribution < -0.4 is 4.90 Å². The summed E-state index contributed by atoms with van der Waals surface area (Å²) in [4.78, 5) is 18.9. The Morgan fingerprint density at radius 1 is 0.938 bits per heavy atom. The molecule has 1 fully saturated rings. The van der Waals surface area contributed by atoms with E-state index in [1.54, 1.807) is 0 Å². The molecule has 0 atom stereocenters. The highest BCUT2D eigenvalue weighted by Crippen LogP contribution is 2.25. The molecule has 1 aliphatic rings. The molecule has 32 heavy (non-hydrogen) atoms. The quantitative estimate of drug-likeness (QED) is 0.434. The molecule has 1 aliphatic heterocycles. The molecule has 0 unspecified atom stereocenters. The smallest absolute Gasteiger partial charge is 0.180 e. The average molecular weight is 469 g/mol. The van der Waals surface area contributed by atoms with Gasteiger partial charge in [-0.05, 0) is 43.7 Å². The van der Waals surface area contributed by atoms with Crippen LogP contribution in [0.2, 0.25) is 5.02 Å². The van der Waals surface area contributed by atoms with Crippen LogP contribution in [-0.4, -0.2) is 57.5 Å². The van der Waals surface area contributed by atoms with Gasteiger partial charge in [0.25, 0.3) is 0 Å². The fraction of sp³-hybridized carbons (Fsp3) is 0.292. The molecule has 1 saturated heterocycles. The molecule has 1 aromatic carbocycles. The average Bonchev–Trinajstić information content (AvgIpc) is 3.24. The van der Waals surface area contributed by atoms with Crippen molar-refractivity contribution < 1.29 is 0 Å². The molecule has 0 N–H and O–H groups in total. The van der Waals surface area contributed by atoms with Crippen molar-refractivity contribution in [1.82, 2.24) is 24.3 Å². The van der Waals surface area contributed by atoms with Crippen LogP contribution in [-0.2, 0) is 12.8 Å². The molecular formula is C24H26Cl2N6. The van der Waals surface area contributed by atoms with Crippen molar-refractivity contribution >= 4 is 35.5 Å². The number of halogens is 2. The second-order valence-electron chi connectivity index (χ2n) is 7.98. The summed E-state index contributed by atoms with van der Waals surface area (Å²) in [5.74, 6) is 0.941. The summed E-state index contributed by atoms with van der Waals surface area (Å²) in [5.41, 5.74) is 4.96. The van der Waals surface area contributed by atoms with E-state index < -0.39 is 0 Å². The maximum atomic E-state index is 6.31. The first-order valence-electron chi connectivity index (χ1n) is 10.6. The van der Waals surface area contributed by atoms with E-state index in [1.807, 2.05) is 42.9 Å². The van der Waals surface area contributed by atoms with E-state index in [2.05, 4.69) is 44.4 Å². The molecule has 4 heterocycles. The monoisotopic (exact) mass is 468 g/mol. The molecule has 0 amide bonds. The Hall–Kier alpha value is -2.67. The van der Waals surface area contributed by atoms with Gasteiger partial charge < -0.3 is 9.80 Å². The van der Waals surface area contributed by atoms with E-state index in [9.17, 15) is 0 Å². The van der Waals surface area contributed by atoms with Crippen molar-refractivity contribution in [2.24, 2.45) is 0 Å². The van der Waals surface area contributed by atoms with Crippen molar-refractivity contribution in [3.63, 3.8) is 0 Å². The Morgan fingerprint density at radius 2 is 1.75 bits per heavy atom. The highest BCUT2D eigenvalue weighted by Gasteiger charge is 2.20. The molecule has 0 bridgehead atoms. The van der Waals surface area contributed by atoms with Gasteiger partial charge in [-0.2, -0.15) is 0 Å². The lowest BCUT2D eigenvalue weighted by Gasteiger charge is -2.33. The van der Waals surface area contributed by atoms with Crippen molar-refractivity contribution in [2.75, 3.05) is 38.1 Å². The SMILES string of the molecule is CN1CCN(c2nccn3c(-c4cccc(CCc5ccccc5Cl)n4)cnc23)CC1.Cl. The topological polar surface area (TPSA) is 49.6 Å². The lowest BCUT2D eigenvalue weighted by Crippen LogP contribution is -2.45. The number of fused-ring (bicyclic) bond motifs is 1. The van der Waals surface area contributed by atoms with Crippen molar-refractivity contribution in [1.29, 1.82) is 0 Å². The lowest BCUT2D eigenvalue weighted by atomic mass is 10.1. The largest absolute Gasteiger partial charge is 0.351 e. The predicted octanol–water partition coefficient (Wildman–Crippen LogP) is 4.40. The van der Waals surface area contributed by atoms with Gasteiger partial charge in [0.1, 0.15) is 0 Å². The number of anilines is 1. The number of hydrogen-bond acceptors (Lipinski definition) is 5. The minimum atomic E-state index is 0. The predicted molar refractivity (Wildman–Crippen MR) is 132 cm³/mol. The zero-order valence-electron chi connectivity index (χ0n) is 18.0. The Morgan fingerprint density at radius 3 is 2.56 bits per heavy atom. The Bertz CT molecular complexity index is 1200. The first-order valence-corrected chi connectivity index (χ1v) is 11.0. The van der Waals surface area contributed by atoms with Crippen LogP contribution in [0.15, 0.2) is 61.1 Å².